The Morgan fingerprint density at radius 2 is 1.71 bits per heavy atom. The summed E-state index contributed by atoms with van der Waals surface area (Å²) in [7, 11) is 0. The van der Waals surface area contributed by atoms with Crippen molar-refractivity contribution in [2.45, 2.75) is 13.5 Å². The van der Waals surface area contributed by atoms with E-state index < -0.39 is 11.1 Å². The van der Waals surface area contributed by atoms with E-state index in [1.54, 1.807) is 36.4 Å². The minimum atomic E-state index is -0.882. The first kappa shape index (κ1) is 16.9. The number of rotatable bonds is 6. The third kappa shape index (κ3) is 5.09. The average Bonchev–Trinajstić information content (AvgIpc) is 2.54. The Hall–Kier alpha value is -3.42. The summed E-state index contributed by atoms with van der Waals surface area (Å²) in [6.07, 6.45) is 0. The van der Waals surface area contributed by atoms with Gasteiger partial charge in [0.05, 0.1) is 5.56 Å². The highest BCUT2D eigenvalue weighted by atomic mass is 16.9. The van der Waals surface area contributed by atoms with Gasteiger partial charge in [-0.2, -0.15) is 0 Å². The first-order valence-electron chi connectivity index (χ1n) is 6.90. The van der Waals surface area contributed by atoms with E-state index in [1.165, 1.54) is 19.1 Å². The van der Waals surface area contributed by atoms with Crippen LogP contribution in [0.5, 0.6) is 5.75 Å². The van der Waals surface area contributed by atoms with E-state index >= 15 is 0 Å². The number of esters is 1. The molecule has 2 aromatic carbocycles. The molecule has 0 atom stereocenters. The Labute approximate surface area is 137 Å². The largest absolute Gasteiger partial charge is 0.423 e. The molecule has 24 heavy (non-hydrogen) atoms. The quantitative estimate of drug-likeness (QED) is 0.377. The zero-order chi connectivity index (χ0) is 17.5. The minimum Gasteiger partial charge on any atom is -0.423 e. The fourth-order valence-corrected chi connectivity index (χ4v) is 1.84. The molecule has 8 nitrogen and oxygen atoms in total. The van der Waals surface area contributed by atoms with Crippen LogP contribution in [-0.4, -0.2) is 17.0 Å². The standard InChI is InChI=1S/C16H14N2O6/c1-11(19)17-14-6-8-15(9-7-14)24-16(20)13-4-2-12(3-5-13)10-23-18(21)22/h2-9H,10H2,1H3,(H,17,19). The Kier molecular flexibility index (Phi) is 5.45. The maximum Gasteiger partial charge on any atom is 0.343 e. The number of anilines is 1. The third-order valence-corrected chi connectivity index (χ3v) is 2.91. The van der Waals surface area contributed by atoms with Gasteiger partial charge in [-0.15, -0.1) is 10.1 Å². The van der Waals surface area contributed by atoms with Gasteiger partial charge in [0.1, 0.15) is 12.4 Å². The summed E-state index contributed by atoms with van der Waals surface area (Å²) in [5.41, 5.74) is 1.45. The lowest BCUT2D eigenvalue weighted by Crippen LogP contribution is -2.09. The van der Waals surface area contributed by atoms with Crippen LogP contribution in [0.1, 0.15) is 22.8 Å². The van der Waals surface area contributed by atoms with Crippen LogP contribution in [0.25, 0.3) is 0 Å². The number of nitrogens with zero attached hydrogens (tertiary/aromatic N) is 1. The summed E-state index contributed by atoms with van der Waals surface area (Å²) in [5.74, 6) is -0.431. The molecule has 0 aliphatic rings. The maximum absolute atomic E-state index is 12.0. The molecule has 2 rings (SSSR count). The number of ether oxygens (including phenoxy) is 1. The van der Waals surface area contributed by atoms with Crippen molar-refractivity contribution < 1.29 is 24.3 Å². The molecule has 2 aromatic rings. The molecular weight excluding hydrogens is 316 g/mol. The molecule has 0 bridgehead atoms. The van der Waals surface area contributed by atoms with Crippen molar-refractivity contribution in [2.75, 3.05) is 5.32 Å². The minimum absolute atomic E-state index is 0.188. The number of carbonyl (C=O) groups excluding carboxylic acids is 2. The van der Waals surface area contributed by atoms with E-state index in [9.17, 15) is 19.7 Å². The Bertz CT molecular complexity index is 740. The number of carbonyl (C=O) groups is 2. The highest BCUT2D eigenvalue weighted by Crippen LogP contribution is 2.17. The number of amides is 1. The Morgan fingerprint density at radius 3 is 2.25 bits per heavy atom. The molecule has 0 radical (unpaired) electrons. The lowest BCUT2D eigenvalue weighted by molar-refractivity contribution is -0.763. The summed E-state index contributed by atoms with van der Waals surface area (Å²) in [6.45, 7) is 1.21. The lowest BCUT2D eigenvalue weighted by atomic mass is 10.1. The van der Waals surface area contributed by atoms with Crippen LogP contribution in [0, 0.1) is 10.1 Å². The summed E-state index contributed by atoms with van der Waals surface area (Å²) >= 11 is 0. The van der Waals surface area contributed by atoms with E-state index in [0.717, 1.165) is 0 Å². The van der Waals surface area contributed by atoms with Gasteiger partial charge in [-0.1, -0.05) is 12.1 Å². The van der Waals surface area contributed by atoms with Crippen LogP contribution in [0.3, 0.4) is 0 Å². The van der Waals surface area contributed by atoms with Gasteiger partial charge in [0.2, 0.25) is 5.91 Å². The van der Waals surface area contributed by atoms with Gasteiger partial charge in [-0.25, -0.2) is 4.79 Å². The molecular formula is C16H14N2O6. The molecule has 0 unspecified atom stereocenters. The number of hydrogen-bond acceptors (Lipinski definition) is 6. The highest BCUT2D eigenvalue weighted by Gasteiger charge is 2.09. The zero-order valence-electron chi connectivity index (χ0n) is 12.7. The van der Waals surface area contributed by atoms with Gasteiger partial charge in [-0.3, -0.25) is 4.79 Å². The van der Waals surface area contributed by atoms with Crippen LogP contribution in [0.15, 0.2) is 48.5 Å². The molecule has 8 heteroatoms. The highest BCUT2D eigenvalue weighted by molar-refractivity contribution is 5.91. The summed E-state index contributed by atoms with van der Waals surface area (Å²) in [6, 6.07) is 12.4. The number of hydrogen-bond donors (Lipinski definition) is 1. The normalized spacial score (nSPS) is 9.88. The molecule has 0 spiro atoms. The summed E-state index contributed by atoms with van der Waals surface area (Å²) in [5, 5.41) is 11.8. The molecule has 1 N–H and O–H groups in total. The van der Waals surface area contributed by atoms with Gasteiger partial charge >= 0.3 is 5.97 Å². The van der Waals surface area contributed by atoms with Crippen molar-refractivity contribution in [1.29, 1.82) is 0 Å². The van der Waals surface area contributed by atoms with Crippen molar-refractivity contribution in [3.8, 4) is 5.75 Å². The van der Waals surface area contributed by atoms with Crippen LogP contribution in [0.4, 0.5) is 5.69 Å². The van der Waals surface area contributed by atoms with Crippen molar-refractivity contribution in [2.24, 2.45) is 0 Å². The molecule has 1 amide bonds. The molecule has 0 aliphatic carbocycles. The van der Waals surface area contributed by atoms with Gasteiger partial charge in [-0.05, 0) is 42.0 Å². The van der Waals surface area contributed by atoms with E-state index in [2.05, 4.69) is 10.2 Å². The monoisotopic (exact) mass is 330 g/mol. The molecule has 0 heterocycles. The van der Waals surface area contributed by atoms with E-state index in [-0.39, 0.29) is 12.5 Å². The average molecular weight is 330 g/mol. The van der Waals surface area contributed by atoms with E-state index in [4.69, 9.17) is 4.74 Å². The van der Waals surface area contributed by atoms with Crippen LogP contribution in [-0.2, 0) is 16.2 Å². The second-order valence-electron chi connectivity index (χ2n) is 4.79. The number of nitrogens with one attached hydrogen (secondary N) is 1. The van der Waals surface area contributed by atoms with Crippen molar-refractivity contribution in [1.82, 2.24) is 0 Å². The van der Waals surface area contributed by atoms with Gasteiger partial charge in [0.15, 0.2) is 0 Å². The second-order valence-corrected chi connectivity index (χ2v) is 4.79. The first-order valence-corrected chi connectivity index (χ1v) is 6.90. The Balaban J connectivity index is 1.96. The summed E-state index contributed by atoms with van der Waals surface area (Å²) < 4.78 is 5.21. The van der Waals surface area contributed by atoms with Crippen molar-refractivity contribution >= 4 is 17.6 Å². The van der Waals surface area contributed by atoms with Crippen molar-refractivity contribution in [3.63, 3.8) is 0 Å². The zero-order valence-corrected chi connectivity index (χ0v) is 12.7. The summed E-state index contributed by atoms with van der Waals surface area (Å²) in [4.78, 5) is 37.3. The fraction of sp³-hybridized carbons (Fsp3) is 0.125. The molecule has 0 aromatic heterocycles. The topological polar surface area (TPSA) is 108 Å². The predicted molar refractivity (Wildman–Crippen MR) is 83.9 cm³/mol. The smallest absolute Gasteiger partial charge is 0.343 e. The van der Waals surface area contributed by atoms with Gasteiger partial charge in [0, 0.05) is 12.6 Å². The Morgan fingerprint density at radius 1 is 1.08 bits per heavy atom. The van der Waals surface area contributed by atoms with E-state index in [0.29, 0.717) is 22.6 Å². The van der Waals surface area contributed by atoms with Crippen LogP contribution in [0.2, 0.25) is 0 Å². The number of benzene rings is 2. The predicted octanol–water partition coefficient (Wildman–Crippen LogP) is 2.57. The van der Waals surface area contributed by atoms with E-state index in [1.807, 2.05) is 0 Å². The third-order valence-electron chi connectivity index (χ3n) is 2.91. The van der Waals surface area contributed by atoms with Gasteiger partial charge in [0.25, 0.3) is 5.09 Å². The van der Waals surface area contributed by atoms with Gasteiger partial charge < -0.3 is 14.9 Å². The molecule has 0 aliphatic heterocycles. The molecule has 124 valence electrons. The molecule has 0 saturated carbocycles. The SMILES string of the molecule is CC(=O)Nc1ccc(OC(=O)c2ccc(CO[N+](=O)[O-])cc2)cc1. The molecule has 0 fully saturated rings. The van der Waals surface area contributed by atoms with Crippen LogP contribution >= 0.6 is 0 Å². The fourth-order valence-electron chi connectivity index (χ4n) is 1.84. The van der Waals surface area contributed by atoms with Crippen LogP contribution < -0.4 is 10.1 Å². The lowest BCUT2D eigenvalue weighted by Gasteiger charge is -2.07. The molecule has 0 saturated heterocycles. The first-order chi connectivity index (χ1) is 11.4. The van der Waals surface area contributed by atoms with Crippen molar-refractivity contribution in [3.05, 3.63) is 69.8 Å². The second kappa shape index (κ2) is 7.73. The maximum atomic E-state index is 12.0.